The summed E-state index contributed by atoms with van der Waals surface area (Å²) in [4.78, 5) is 14.8. The van der Waals surface area contributed by atoms with Gasteiger partial charge >= 0.3 is 0 Å². The fraction of sp³-hybridized carbons (Fsp3) is 0.250. The lowest BCUT2D eigenvalue weighted by Gasteiger charge is -2.16. The van der Waals surface area contributed by atoms with Crippen molar-refractivity contribution in [3.63, 3.8) is 0 Å². The molecule has 2 heterocycles. The van der Waals surface area contributed by atoms with Crippen LogP contribution in [0.2, 0.25) is 5.02 Å². The number of likely N-dealkylation sites (tertiary alicyclic amines) is 1. The molecule has 1 amide bonds. The van der Waals surface area contributed by atoms with E-state index in [1.54, 1.807) is 12.3 Å². The molecule has 6 nitrogen and oxygen atoms in total. The van der Waals surface area contributed by atoms with E-state index in [-0.39, 0.29) is 30.2 Å². The molecule has 2 aromatic carbocycles. The highest BCUT2D eigenvalue weighted by atomic mass is 35.5. The van der Waals surface area contributed by atoms with Crippen molar-refractivity contribution in [2.45, 2.75) is 5.92 Å². The predicted octanol–water partition coefficient (Wildman–Crippen LogP) is 3.16. The number of nitrogens with zero attached hydrogens (tertiary/aromatic N) is 4. The molecule has 3 aromatic rings. The van der Waals surface area contributed by atoms with Gasteiger partial charge in [-0.25, -0.2) is 4.68 Å². The number of halogens is 2. The maximum Gasteiger partial charge on any atom is 0.276 e. The predicted molar refractivity (Wildman–Crippen MR) is 111 cm³/mol. The van der Waals surface area contributed by atoms with E-state index in [1.165, 1.54) is 10.2 Å². The molecule has 0 unspecified atom stereocenters. The Morgan fingerprint density at radius 1 is 1.11 bits per heavy atom. The van der Waals surface area contributed by atoms with Crippen LogP contribution in [0.15, 0.2) is 60.8 Å². The molecular formula is C20H21Cl2N5O. The summed E-state index contributed by atoms with van der Waals surface area (Å²) in [5.41, 5.74) is 8.18. The molecule has 2 atom stereocenters. The van der Waals surface area contributed by atoms with Gasteiger partial charge in [0.2, 0.25) is 0 Å². The van der Waals surface area contributed by atoms with Gasteiger partial charge in [0, 0.05) is 19.0 Å². The Hall–Kier alpha value is -2.41. The average Bonchev–Trinajstić information content (AvgIpc) is 3.36. The number of carbonyl (C=O) groups is 1. The van der Waals surface area contributed by atoms with E-state index in [1.807, 2.05) is 41.3 Å². The van der Waals surface area contributed by atoms with Gasteiger partial charge in [-0.3, -0.25) is 4.79 Å². The molecule has 1 aliphatic rings. The Kier molecular flexibility index (Phi) is 6.34. The number of carbonyl (C=O) groups excluding carboxylic acids is 1. The molecule has 0 radical (unpaired) electrons. The van der Waals surface area contributed by atoms with E-state index in [9.17, 15) is 4.79 Å². The minimum atomic E-state index is -0.134. The average molecular weight is 418 g/mol. The summed E-state index contributed by atoms with van der Waals surface area (Å²) in [6.45, 7) is 1.78. The van der Waals surface area contributed by atoms with Crippen LogP contribution in [-0.2, 0) is 0 Å². The van der Waals surface area contributed by atoms with Crippen molar-refractivity contribution in [2.24, 2.45) is 11.7 Å². The lowest BCUT2D eigenvalue weighted by Crippen LogP contribution is -2.30. The summed E-state index contributed by atoms with van der Waals surface area (Å²) in [7, 11) is 0. The highest BCUT2D eigenvalue weighted by Crippen LogP contribution is 2.32. The second-order valence-electron chi connectivity index (χ2n) is 6.72. The maximum absolute atomic E-state index is 13.0. The number of aromatic nitrogens is 3. The number of para-hydroxylation sites is 1. The normalized spacial score (nSPS) is 18.7. The van der Waals surface area contributed by atoms with Crippen LogP contribution in [0.4, 0.5) is 0 Å². The maximum atomic E-state index is 13.0. The molecule has 1 aromatic heterocycles. The van der Waals surface area contributed by atoms with Crippen LogP contribution in [0, 0.1) is 5.92 Å². The van der Waals surface area contributed by atoms with Gasteiger partial charge in [0.05, 0.1) is 16.9 Å². The third-order valence-corrected chi connectivity index (χ3v) is 5.39. The van der Waals surface area contributed by atoms with E-state index in [0.717, 1.165) is 0 Å². The Bertz CT molecular complexity index is 947. The smallest absolute Gasteiger partial charge is 0.276 e. The second-order valence-corrected chi connectivity index (χ2v) is 7.13. The van der Waals surface area contributed by atoms with Crippen molar-refractivity contribution in [1.82, 2.24) is 19.9 Å². The van der Waals surface area contributed by atoms with Gasteiger partial charge in [-0.15, -0.1) is 17.5 Å². The molecule has 1 saturated heterocycles. The van der Waals surface area contributed by atoms with Crippen molar-refractivity contribution < 1.29 is 4.79 Å². The summed E-state index contributed by atoms with van der Waals surface area (Å²) in [6.07, 6.45) is 1.62. The number of benzene rings is 2. The highest BCUT2D eigenvalue weighted by Gasteiger charge is 2.36. The van der Waals surface area contributed by atoms with Crippen molar-refractivity contribution in [1.29, 1.82) is 0 Å². The Morgan fingerprint density at radius 3 is 2.54 bits per heavy atom. The summed E-state index contributed by atoms with van der Waals surface area (Å²) in [5, 5.41) is 8.68. The van der Waals surface area contributed by atoms with Crippen molar-refractivity contribution in [3.8, 4) is 5.69 Å². The van der Waals surface area contributed by atoms with Crippen LogP contribution in [0.3, 0.4) is 0 Å². The van der Waals surface area contributed by atoms with Gasteiger partial charge in [-0.2, -0.15) is 0 Å². The van der Waals surface area contributed by atoms with Gasteiger partial charge in [0.15, 0.2) is 5.69 Å². The van der Waals surface area contributed by atoms with Crippen LogP contribution in [0.1, 0.15) is 22.0 Å². The Labute approximate surface area is 174 Å². The molecule has 2 N–H and O–H groups in total. The van der Waals surface area contributed by atoms with Crippen LogP contribution >= 0.6 is 24.0 Å². The number of hydrogen-bond donors (Lipinski definition) is 1. The summed E-state index contributed by atoms with van der Waals surface area (Å²) < 4.78 is 1.53. The molecule has 0 spiro atoms. The first-order valence-electron chi connectivity index (χ1n) is 8.89. The Balaban J connectivity index is 0.00000225. The monoisotopic (exact) mass is 417 g/mol. The lowest BCUT2D eigenvalue weighted by atomic mass is 9.89. The van der Waals surface area contributed by atoms with E-state index in [2.05, 4.69) is 22.4 Å². The highest BCUT2D eigenvalue weighted by molar-refractivity contribution is 6.32. The molecule has 28 heavy (non-hydrogen) atoms. The van der Waals surface area contributed by atoms with E-state index in [0.29, 0.717) is 36.0 Å². The molecule has 8 heteroatoms. The number of amides is 1. The molecule has 0 aliphatic carbocycles. The first-order valence-corrected chi connectivity index (χ1v) is 9.26. The quantitative estimate of drug-likeness (QED) is 0.706. The summed E-state index contributed by atoms with van der Waals surface area (Å²) in [6, 6.07) is 17.5. The largest absolute Gasteiger partial charge is 0.336 e. The molecule has 0 bridgehead atoms. The molecule has 1 fully saturated rings. The van der Waals surface area contributed by atoms with E-state index in [4.69, 9.17) is 17.3 Å². The van der Waals surface area contributed by atoms with Gasteiger partial charge in [0.1, 0.15) is 0 Å². The minimum Gasteiger partial charge on any atom is -0.336 e. The first kappa shape index (κ1) is 20.3. The number of rotatable bonds is 4. The van der Waals surface area contributed by atoms with Gasteiger partial charge in [0.25, 0.3) is 5.91 Å². The van der Waals surface area contributed by atoms with Crippen LogP contribution in [0.25, 0.3) is 5.69 Å². The number of hydrogen-bond acceptors (Lipinski definition) is 4. The number of nitrogens with two attached hydrogens (primary N) is 1. The van der Waals surface area contributed by atoms with Crippen molar-refractivity contribution in [2.75, 3.05) is 19.6 Å². The van der Waals surface area contributed by atoms with Crippen LogP contribution < -0.4 is 5.73 Å². The summed E-state index contributed by atoms with van der Waals surface area (Å²) >= 11 is 6.20. The van der Waals surface area contributed by atoms with Gasteiger partial charge < -0.3 is 10.6 Å². The third kappa shape index (κ3) is 3.90. The SMILES string of the molecule is Cl.NC[C@@H]1CN(C(=O)c2cn(-c3ccccc3Cl)nn2)C[C@H]1c1ccccc1. The van der Waals surface area contributed by atoms with Crippen LogP contribution in [0.5, 0.6) is 0 Å². The zero-order valence-electron chi connectivity index (χ0n) is 15.1. The van der Waals surface area contributed by atoms with E-state index >= 15 is 0 Å². The minimum absolute atomic E-state index is 0. The zero-order chi connectivity index (χ0) is 18.8. The van der Waals surface area contributed by atoms with Crippen molar-refractivity contribution in [3.05, 3.63) is 77.1 Å². The lowest BCUT2D eigenvalue weighted by molar-refractivity contribution is 0.0780. The fourth-order valence-corrected chi connectivity index (χ4v) is 3.86. The second kappa shape index (κ2) is 8.73. The topological polar surface area (TPSA) is 77.0 Å². The molecule has 1 aliphatic heterocycles. The molecule has 146 valence electrons. The molecule has 0 saturated carbocycles. The standard InChI is InChI=1S/C20H20ClN5O.ClH/c21-17-8-4-5-9-19(17)26-13-18(23-24-26)20(27)25-11-15(10-22)16(12-25)14-6-2-1-3-7-14;/h1-9,13,15-16H,10-12,22H2;1H/t15-,16+;/m1./s1. The molecule has 4 rings (SSSR count). The third-order valence-electron chi connectivity index (χ3n) is 5.07. The van der Waals surface area contributed by atoms with Gasteiger partial charge in [-0.05, 0) is 30.2 Å². The first-order chi connectivity index (χ1) is 13.2. The van der Waals surface area contributed by atoms with Crippen molar-refractivity contribution >= 4 is 29.9 Å². The fourth-order valence-electron chi connectivity index (χ4n) is 3.63. The van der Waals surface area contributed by atoms with Crippen LogP contribution in [-0.4, -0.2) is 45.4 Å². The van der Waals surface area contributed by atoms with Gasteiger partial charge in [-0.1, -0.05) is 59.3 Å². The summed E-state index contributed by atoms with van der Waals surface area (Å²) in [5.74, 6) is 0.332. The zero-order valence-corrected chi connectivity index (χ0v) is 16.7. The molecular weight excluding hydrogens is 397 g/mol. The van der Waals surface area contributed by atoms with E-state index < -0.39 is 0 Å². The Morgan fingerprint density at radius 2 is 1.82 bits per heavy atom.